The zero-order valence-corrected chi connectivity index (χ0v) is 11.1. The minimum absolute atomic E-state index is 0.260. The highest BCUT2D eigenvalue weighted by Gasteiger charge is 2.12. The van der Waals surface area contributed by atoms with Crippen LogP contribution in [0.15, 0.2) is 35.5 Å². The van der Waals surface area contributed by atoms with E-state index in [1.807, 2.05) is 0 Å². The summed E-state index contributed by atoms with van der Waals surface area (Å²) in [5, 5.41) is 13.3. The molecule has 20 heavy (non-hydrogen) atoms. The van der Waals surface area contributed by atoms with Crippen LogP contribution in [0.3, 0.4) is 0 Å². The number of carbonyl (C=O) groups excluding carboxylic acids is 1. The van der Waals surface area contributed by atoms with E-state index in [9.17, 15) is 9.70 Å². The van der Waals surface area contributed by atoms with E-state index in [0.29, 0.717) is 16.5 Å². The Balaban J connectivity index is 2.57. The minimum atomic E-state index is -0.429. The normalized spacial score (nSPS) is 11.9. The molecular formula is C14H14N2O4. The van der Waals surface area contributed by atoms with Crippen LogP contribution < -0.4 is 5.48 Å². The van der Waals surface area contributed by atoms with Crippen molar-refractivity contribution < 1.29 is 14.7 Å². The summed E-state index contributed by atoms with van der Waals surface area (Å²) in [6, 6.07) is 8.30. The standard InChI is InChI=1S/C14H14N2O4/c1-8(20-9(2)17)10-3-4-11-12(7-10)14(16-19)6-5-13(11)15-18/h3-8,15,18H,1-2H3. The molecule has 0 saturated carbocycles. The Labute approximate surface area is 115 Å². The lowest BCUT2D eigenvalue weighted by Crippen LogP contribution is -2.04. The Kier molecular flexibility index (Phi) is 3.95. The van der Waals surface area contributed by atoms with Gasteiger partial charge < -0.3 is 4.74 Å². The maximum absolute atomic E-state index is 11.0. The number of hydrogen-bond donors (Lipinski definition) is 2. The van der Waals surface area contributed by atoms with Gasteiger partial charge in [0.15, 0.2) is 0 Å². The number of rotatable bonds is 4. The third-order valence-electron chi connectivity index (χ3n) is 3.05. The number of nitrogens with one attached hydrogen (secondary N) is 1. The summed E-state index contributed by atoms with van der Waals surface area (Å²) in [5.74, 6) is -0.378. The van der Waals surface area contributed by atoms with Crippen LogP contribution in [0, 0.1) is 4.91 Å². The molecule has 0 aliphatic carbocycles. The summed E-state index contributed by atoms with van der Waals surface area (Å²) in [6.45, 7) is 3.08. The molecule has 0 radical (unpaired) electrons. The molecule has 0 heterocycles. The molecule has 104 valence electrons. The van der Waals surface area contributed by atoms with E-state index in [-0.39, 0.29) is 11.7 Å². The minimum Gasteiger partial charge on any atom is -0.458 e. The van der Waals surface area contributed by atoms with Gasteiger partial charge in [0, 0.05) is 17.7 Å². The predicted octanol–water partition coefficient (Wildman–Crippen LogP) is 3.66. The summed E-state index contributed by atoms with van der Waals surface area (Å²) in [6.07, 6.45) is -0.429. The van der Waals surface area contributed by atoms with Gasteiger partial charge in [0.05, 0.1) is 5.69 Å². The van der Waals surface area contributed by atoms with Crippen molar-refractivity contribution in [1.29, 1.82) is 0 Å². The van der Waals surface area contributed by atoms with Gasteiger partial charge in [-0.3, -0.25) is 15.5 Å². The van der Waals surface area contributed by atoms with Crippen molar-refractivity contribution >= 4 is 28.1 Å². The van der Waals surface area contributed by atoms with E-state index in [2.05, 4.69) is 10.7 Å². The number of nitrogens with zero attached hydrogens (tertiary/aromatic N) is 1. The van der Waals surface area contributed by atoms with Crippen LogP contribution in [-0.4, -0.2) is 11.2 Å². The van der Waals surface area contributed by atoms with Crippen LogP contribution in [0.25, 0.3) is 10.8 Å². The number of carbonyl (C=O) groups is 1. The van der Waals surface area contributed by atoms with Crippen molar-refractivity contribution in [3.05, 3.63) is 40.8 Å². The first-order chi connectivity index (χ1) is 9.56. The number of ether oxygens (including phenoxy) is 1. The second kappa shape index (κ2) is 5.66. The van der Waals surface area contributed by atoms with Crippen molar-refractivity contribution in [2.24, 2.45) is 5.18 Å². The zero-order chi connectivity index (χ0) is 14.7. The highest BCUT2D eigenvalue weighted by molar-refractivity contribution is 6.01. The van der Waals surface area contributed by atoms with Gasteiger partial charge >= 0.3 is 5.97 Å². The summed E-state index contributed by atoms with van der Waals surface area (Å²) in [7, 11) is 0. The number of benzene rings is 2. The van der Waals surface area contributed by atoms with E-state index in [1.165, 1.54) is 13.0 Å². The van der Waals surface area contributed by atoms with E-state index >= 15 is 0 Å². The molecule has 0 bridgehead atoms. The molecule has 0 fully saturated rings. The van der Waals surface area contributed by atoms with Gasteiger partial charge in [-0.2, -0.15) is 0 Å². The highest BCUT2D eigenvalue weighted by atomic mass is 16.5. The smallest absolute Gasteiger partial charge is 0.303 e. The van der Waals surface area contributed by atoms with Crippen molar-refractivity contribution in [3.63, 3.8) is 0 Å². The van der Waals surface area contributed by atoms with Crippen LogP contribution in [0.4, 0.5) is 11.4 Å². The molecule has 1 unspecified atom stereocenters. The lowest BCUT2D eigenvalue weighted by atomic mass is 10.0. The van der Waals surface area contributed by atoms with Gasteiger partial charge in [-0.15, -0.1) is 4.91 Å². The highest BCUT2D eigenvalue weighted by Crippen LogP contribution is 2.34. The Hall–Kier alpha value is -2.47. The van der Waals surface area contributed by atoms with Crippen molar-refractivity contribution in [1.82, 2.24) is 0 Å². The van der Waals surface area contributed by atoms with Crippen molar-refractivity contribution in [2.45, 2.75) is 20.0 Å². The average Bonchev–Trinajstić information content (AvgIpc) is 2.44. The second-order valence-electron chi connectivity index (χ2n) is 4.39. The number of esters is 1. The molecule has 1 atom stereocenters. The number of fused-ring (bicyclic) bond motifs is 1. The van der Waals surface area contributed by atoms with Gasteiger partial charge in [-0.25, -0.2) is 0 Å². The quantitative estimate of drug-likeness (QED) is 0.504. The maximum atomic E-state index is 11.0. The third kappa shape index (κ3) is 2.60. The van der Waals surface area contributed by atoms with Gasteiger partial charge in [0.25, 0.3) is 0 Å². The maximum Gasteiger partial charge on any atom is 0.303 e. The monoisotopic (exact) mass is 274 g/mol. The summed E-state index contributed by atoms with van der Waals surface area (Å²) < 4.78 is 5.10. The number of anilines is 1. The largest absolute Gasteiger partial charge is 0.458 e. The Morgan fingerprint density at radius 3 is 2.65 bits per heavy atom. The van der Waals surface area contributed by atoms with E-state index in [4.69, 9.17) is 9.94 Å². The zero-order valence-electron chi connectivity index (χ0n) is 11.1. The van der Waals surface area contributed by atoms with E-state index in [1.54, 1.807) is 31.2 Å². The fourth-order valence-electron chi connectivity index (χ4n) is 2.10. The molecule has 2 aromatic rings. The van der Waals surface area contributed by atoms with Gasteiger partial charge in [0.1, 0.15) is 11.8 Å². The van der Waals surface area contributed by atoms with Crippen molar-refractivity contribution in [2.75, 3.05) is 5.48 Å². The molecule has 0 aliphatic rings. The Morgan fingerprint density at radius 1 is 1.30 bits per heavy atom. The predicted molar refractivity (Wildman–Crippen MR) is 75.0 cm³/mol. The van der Waals surface area contributed by atoms with E-state index in [0.717, 1.165) is 5.56 Å². The van der Waals surface area contributed by atoms with Crippen LogP contribution in [-0.2, 0) is 9.53 Å². The average molecular weight is 274 g/mol. The first-order valence-electron chi connectivity index (χ1n) is 6.04. The van der Waals surface area contributed by atoms with Gasteiger partial charge in [-0.1, -0.05) is 12.1 Å². The Morgan fingerprint density at radius 2 is 2.05 bits per heavy atom. The molecule has 6 nitrogen and oxygen atoms in total. The number of nitroso groups, excluding NO2 is 1. The van der Waals surface area contributed by atoms with E-state index < -0.39 is 6.10 Å². The molecular weight excluding hydrogens is 260 g/mol. The molecule has 0 aromatic heterocycles. The van der Waals surface area contributed by atoms with Crippen LogP contribution >= 0.6 is 0 Å². The van der Waals surface area contributed by atoms with Crippen LogP contribution in [0.2, 0.25) is 0 Å². The van der Waals surface area contributed by atoms with Crippen molar-refractivity contribution in [3.8, 4) is 0 Å². The summed E-state index contributed by atoms with van der Waals surface area (Å²) in [4.78, 5) is 21.8. The summed E-state index contributed by atoms with van der Waals surface area (Å²) in [5.41, 5.74) is 3.55. The fraction of sp³-hybridized carbons (Fsp3) is 0.214. The molecule has 6 heteroatoms. The fourth-order valence-corrected chi connectivity index (χ4v) is 2.10. The number of hydrogen-bond acceptors (Lipinski definition) is 6. The molecule has 0 amide bonds. The Bertz CT molecular complexity index is 670. The molecule has 0 spiro atoms. The van der Waals surface area contributed by atoms with Gasteiger partial charge in [0.2, 0.25) is 0 Å². The molecule has 2 N–H and O–H groups in total. The van der Waals surface area contributed by atoms with Crippen LogP contribution in [0.1, 0.15) is 25.5 Å². The van der Waals surface area contributed by atoms with Crippen LogP contribution in [0.5, 0.6) is 0 Å². The first-order valence-corrected chi connectivity index (χ1v) is 6.04. The molecule has 2 rings (SSSR count). The van der Waals surface area contributed by atoms with Gasteiger partial charge in [-0.05, 0) is 35.9 Å². The molecule has 2 aromatic carbocycles. The SMILES string of the molecule is CC(=O)OC(C)c1ccc2c(NO)ccc(N=O)c2c1. The lowest BCUT2D eigenvalue weighted by Gasteiger charge is -2.14. The summed E-state index contributed by atoms with van der Waals surface area (Å²) >= 11 is 0. The third-order valence-corrected chi connectivity index (χ3v) is 3.05. The second-order valence-corrected chi connectivity index (χ2v) is 4.39. The topological polar surface area (TPSA) is 88.0 Å². The molecule has 0 saturated heterocycles. The lowest BCUT2D eigenvalue weighted by molar-refractivity contribution is -0.145. The first kappa shape index (κ1) is 14.0. The molecule has 0 aliphatic heterocycles.